The first-order valence-electron chi connectivity index (χ1n) is 23.6. The van der Waals surface area contributed by atoms with Crippen molar-refractivity contribution in [1.29, 1.82) is 0 Å². The Balaban J connectivity index is 4.25. The molecule has 1 radical (unpaired) electrons. The number of carbonyl (C=O) groups is 9. The number of amides is 5. The molecule has 0 rings (SSSR count). The molecule has 0 saturated heterocycles. The van der Waals surface area contributed by atoms with Gasteiger partial charge < -0.3 is 66.0 Å². The summed E-state index contributed by atoms with van der Waals surface area (Å²) in [7, 11) is 0. The number of nitrogens with one attached hydrogen (secondary N) is 5. The normalized spacial score (nSPS) is 12.2. The number of hydrogen-bond acceptors (Lipinski definition) is 14. The lowest BCUT2D eigenvalue weighted by atomic mass is 10.0. The minimum absolute atomic E-state index is 0.0852. The fourth-order valence-corrected chi connectivity index (χ4v) is 6.46. The number of unbranched alkanes of at least 4 members (excludes halogenated alkanes) is 13. The summed E-state index contributed by atoms with van der Waals surface area (Å²) in [4.78, 5) is 117. The molecular weight excluding hydrogens is 899 g/mol. The van der Waals surface area contributed by atoms with Gasteiger partial charge in [-0.3, -0.25) is 33.6 Å². The van der Waals surface area contributed by atoms with Crippen LogP contribution < -0.4 is 26.6 Å². The maximum Gasteiger partial charge on any atom is 0.326 e. The molecule has 0 aliphatic carbocycles. The fourth-order valence-electron chi connectivity index (χ4n) is 6.46. The Bertz CT molecular complexity index is 1480. The van der Waals surface area contributed by atoms with E-state index in [0.717, 1.165) is 57.8 Å². The number of carbonyl (C=O) groups excluding carboxylic acids is 6. The van der Waals surface area contributed by atoms with Crippen molar-refractivity contribution in [3.63, 3.8) is 0 Å². The second kappa shape index (κ2) is 43.0. The van der Waals surface area contributed by atoms with Crippen molar-refractivity contribution in [1.82, 2.24) is 26.6 Å². The summed E-state index contributed by atoms with van der Waals surface area (Å²) >= 11 is 0. The molecule has 0 fully saturated rings. The zero-order valence-electron chi connectivity index (χ0n) is 39.4. The third-order valence-corrected chi connectivity index (χ3v) is 10.2. The summed E-state index contributed by atoms with van der Waals surface area (Å²) in [6.45, 7) is 1.08. The third-order valence-electron chi connectivity index (χ3n) is 10.2. The molecule has 0 aromatic carbocycles. The largest absolute Gasteiger partial charge is 0.481 e. The van der Waals surface area contributed by atoms with Crippen LogP contribution in [0, 0.1) is 0 Å². The van der Waals surface area contributed by atoms with Crippen molar-refractivity contribution in [2.45, 2.75) is 159 Å². The smallest absolute Gasteiger partial charge is 0.326 e. The molecule has 0 aliphatic heterocycles. The summed E-state index contributed by atoms with van der Waals surface area (Å²) in [6.07, 6.45) is 13.9. The van der Waals surface area contributed by atoms with E-state index in [9.17, 15) is 63.3 Å². The first kappa shape index (κ1) is 62.7. The number of aliphatic carboxylic acids is 4. The highest BCUT2D eigenvalue weighted by Crippen LogP contribution is 2.14. The molecule has 0 saturated carbocycles. The fraction of sp³-hybridized carbons (Fsp3) is 0.778. The zero-order chi connectivity index (χ0) is 50.6. The summed E-state index contributed by atoms with van der Waals surface area (Å²) in [5.41, 5.74) is 0. The van der Waals surface area contributed by atoms with Crippen LogP contribution in [0.5, 0.6) is 0 Å². The molecule has 0 aromatic heterocycles. The van der Waals surface area contributed by atoms with E-state index in [0.29, 0.717) is 6.42 Å². The quantitative estimate of drug-likeness (QED) is 0.0392. The standard InChI is InChI=1S/C45H76N5O18/c51-25-28-67-30-29-65-27-24-47-41(56)33-68-32-31-66-26-23-46-37(52)20-17-34(43(59)60)49-39(54)22-19-36(45(63)64)50-40(55)21-18-35(44(61)62)48-38(53)15-13-11-9-7-5-3-1-2-4-6-8-10-12-14-16-42(57)58/h34-36H,1-24,26-33H2,(H,46,52)(H,47,56)(H,48,53)(H,49,54)(H,50,55)(H,57,58)(H,59,60)(H,61,62)(H,63,64)/t34-,35-,36-/m0/s1. The summed E-state index contributed by atoms with van der Waals surface area (Å²) < 4.78 is 20.6. The van der Waals surface area contributed by atoms with Crippen LogP contribution in [-0.2, 0) is 66.9 Å². The summed E-state index contributed by atoms with van der Waals surface area (Å²) in [6, 6.07) is -4.42. The molecule has 5 amide bonds. The minimum atomic E-state index is -1.56. The lowest BCUT2D eigenvalue weighted by Crippen LogP contribution is -2.45. The van der Waals surface area contributed by atoms with Crippen LogP contribution in [-0.4, -0.2) is 164 Å². The van der Waals surface area contributed by atoms with Gasteiger partial charge in [0.25, 0.3) is 0 Å². The number of hydrogen-bond donors (Lipinski definition) is 9. The van der Waals surface area contributed by atoms with Gasteiger partial charge in [0.05, 0.1) is 39.6 Å². The molecule has 0 spiro atoms. The van der Waals surface area contributed by atoms with Crippen LogP contribution in [0.4, 0.5) is 0 Å². The van der Waals surface area contributed by atoms with Gasteiger partial charge in [0.2, 0.25) is 35.8 Å². The monoisotopic (exact) mass is 975 g/mol. The molecule has 0 heterocycles. The Labute approximate surface area is 398 Å². The van der Waals surface area contributed by atoms with Crippen LogP contribution in [0.1, 0.15) is 141 Å². The lowest BCUT2D eigenvalue weighted by molar-refractivity contribution is -0.144. The Morgan fingerprint density at radius 3 is 1.12 bits per heavy atom. The first-order valence-corrected chi connectivity index (χ1v) is 23.6. The molecule has 389 valence electrons. The molecule has 0 aromatic rings. The maximum atomic E-state index is 12.6. The van der Waals surface area contributed by atoms with Gasteiger partial charge in [-0.25, -0.2) is 14.4 Å². The molecule has 0 bridgehead atoms. The van der Waals surface area contributed by atoms with Crippen LogP contribution in [0.2, 0.25) is 0 Å². The molecule has 9 N–H and O–H groups in total. The number of ether oxygens (including phenoxy) is 4. The van der Waals surface area contributed by atoms with Crippen LogP contribution in [0.3, 0.4) is 0 Å². The molecule has 23 nitrogen and oxygen atoms in total. The average Bonchev–Trinajstić information content (AvgIpc) is 3.28. The first-order chi connectivity index (χ1) is 32.7. The Morgan fingerprint density at radius 2 is 0.721 bits per heavy atom. The van der Waals surface area contributed by atoms with Gasteiger partial charge in [-0.05, 0) is 32.1 Å². The Hall–Kier alpha value is -5.26. The SMILES string of the molecule is O=[C]COCCOCCNC(=O)COCCOCCNC(=O)CC[C@H](NC(=O)CC[C@H](NC(=O)CC[C@H](NC(=O)CCCCCCCCCCCCCCCCC(=O)O)C(=O)O)C(=O)O)C(=O)O. The average molecular weight is 975 g/mol. The van der Waals surface area contributed by atoms with Gasteiger partial charge in [-0.15, -0.1) is 0 Å². The molecule has 0 aliphatic rings. The molecule has 68 heavy (non-hydrogen) atoms. The molecule has 0 unspecified atom stereocenters. The van der Waals surface area contributed by atoms with E-state index in [1.807, 2.05) is 0 Å². The summed E-state index contributed by atoms with van der Waals surface area (Å²) in [5.74, 6) is -8.04. The van der Waals surface area contributed by atoms with Gasteiger partial charge >= 0.3 is 23.9 Å². The molecule has 23 heteroatoms. The van der Waals surface area contributed by atoms with Crippen molar-refractivity contribution >= 4 is 59.7 Å². The van der Waals surface area contributed by atoms with Gasteiger partial charge in [-0.1, -0.05) is 77.0 Å². The van der Waals surface area contributed by atoms with Crippen molar-refractivity contribution < 1.29 is 87.3 Å². The third kappa shape index (κ3) is 39.9. The number of rotatable bonds is 48. The Morgan fingerprint density at radius 1 is 0.382 bits per heavy atom. The van der Waals surface area contributed by atoms with Crippen LogP contribution in [0.25, 0.3) is 0 Å². The highest BCUT2D eigenvalue weighted by Gasteiger charge is 2.26. The zero-order valence-corrected chi connectivity index (χ0v) is 39.4. The van der Waals surface area contributed by atoms with Crippen LogP contribution >= 0.6 is 0 Å². The van der Waals surface area contributed by atoms with Crippen LogP contribution in [0.15, 0.2) is 0 Å². The minimum Gasteiger partial charge on any atom is -0.481 e. The lowest BCUT2D eigenvalue weighted by Gasteiger charge is -2.18. The summed E-state index contributed by atoms with van der Waals surface area (Å²) in [5, 5.41) is 49.4. The Kier molecular flexibility index (Phi) is 39.7. The van der Waals surface area contributed by atoms with Gasteiger partial charge in [0.15, 0.2) is 0 Å². The maximum absolute atomic E-state index is 12.6. The van der Waals surface area contributed by atoms with Crippen molar-refractivity contribution in [2.24, 2.45) is 0 Å². The predicted octanol–water partition coefficient (Wildman–Crippen LogP) is 1.77. The van der Waals surface area contributed by atoms with E-state index < -0.39 is 84.9 Å². The van der Waals surface area contributed by atoms with Gasteiger partial charge in [0, 0.05) is 45.2 Å². The highest BCUT2D eigenvalue weighted by molar-refractivity contribution is 5.87. The highest BCUT2D eigenvalue weighted by atomic mass is 16.5. The second-order valence-electron chi connectivity index (χ2n) is 16.0. The van der Waals surface area contributed by atoms with Gasteiger partial charge in [0.1, 0.15) is 31.3 Å². The van der Waals surface area contributed by atoms with E-state index in [1.54, 1.807) is 6.29 Å². The van der Waals surface area contributed by atoms with E-state index >= 15 is 0 Å². The topological polar surface area (TPSA) is 349 Å². The molecule has 3 atom stereocenters. The van der Waals surface area contributed by atoms with Crippen molar-refractivity contribution in [3.05, 3.63) is 0 Å². The molecular formula is C45H76N5O18. The number of carboxylic acids is 4. The van der Waals surface area contributed by atoms with Crippen molar-refractivity contribution in [2.75, 3.05) is 65.9 Å². The van der Waals surface area contributed by atoms with Crippen molar-refractivity contribution in [3.8, 4) is 0 Å². The van der Waals surface area contributed by atoms with Gasteiger partial charge in [-0.2, -0.15) is 0 Å². The van der Waals surface area contributed by atoms with E-state index in [2.05, 4.69) is 26.6 Å². The predicted molar refractivity (Wildman–Crippen MR) is 243 cm³/mol. The second-order valence-corrected chi connectivity index (χ2v) is 16.0. The van der Waals surface area contributed by atoms with E-state index in [-0.39, 0.29) is 104 Å². The van der Waals surface area contributed by atoms with E-state index in [1.165, 1.54) is 25.7 Å². The van der Waals surface area contributed by atoms with E-state index in [4.69, 9.17) is 24.1 Å². The number of carboxylic acid groups (broad SMARTS) is 4.